The van der Waals surface area contributed by atoms with E-state index in [2.05, 4.69) is 22.5 Å². The molecule has 1 saturated carbocycles. The fourth-order valence-electron chi connectivity index (χ4n) is 3.85. The van der Waals surface area contributed by atoms with Crippen molar-refractivity contribution in [2.75, 3.05) is 32.7 Å². The molecule has 0 spiro atoms. The van der Waals surface area contributed by atoms with E-state index in [-0.39, 0.29) is 24.7 Å². The number of urea groups is 1. The van der Waals surface area contributed by atoms with Gasteiger partial charge in [0.25, 0.3) is 0 Å². The van der Waals surface area contributed by atoms with E-state index in [1.54, 1.807) is 0 Å². The molecule has 1 aliphatic heterocycles. The minimum absolute atomic E-state index is 0.0778. The van der Waals surface area contributed by atoms with Crippen LogP contribution in [-0.2, 0) is 4.79 Å². The topological polar surface area (TPSA) is 84.9 Å². The first-order chi connectivity index (χ1) is 12.0. The van der Waals surface area contributed by atoms with Crippen molar-refractivity contribution in [1.82, 2.24) is 20.4 Å². The molecule has 1 heterocycles. The van der Waals surface area contributed by atoms with E-state index in [0.717, 1.165) is 25.8 Å². The zero-order chi connectivity index (χ0) is 18.2. The molecule has 2 rings (SSSR count). The van der Waals surface area contributed by atoms with Crippen LogP contribution in [-0.4, -0.2) is 77.8 Å². The number of aliphatic carboxylic acids is 1. The lowest BCUT2D eigenvalue weighted by atomic mass is 9.85. The highest BCUT2D eigenvalue weighted by molar-refractivity contribution is 5.74. The third-order valence-corrected chi connectivity index (χ3v) is 5.57. The summed E-state index contributed by atoms with van der Waals surface area (Å²) >= 11 is 0. The summed E-state index contributed by atoms with van der Waals surface area (Å²) in [4.78, 5) is 27.3. The van der Waals surface area contributed by atoms with E-state index >= 15 is 0 Å². The van der Waals surface area contributed by atoms with Crippen LogP contribution >= 0.6 is 0 Å². The Hall–Kier alpha value is -1.34. The molecule has 2 fully saturated rings. The van der Waals surface area contributed by atoms with Gasteiger partial charge in [-0.25, -0.2) is 4.79 Å². The predicted octanol–water partition coefficient (Wildman–Crippen LogP) is 1.49. The van der Waals surface area contributed by atoms with Gasteiger partial charge in [0.2, 0.25) is 0 Å². The molecule has 2 amide bonds. The number of hydrogen-bond donors (Lipinski definition) is 3. The van der Waals surface area contributed by atoms with E-state index in [1.165, 1.54) is 32.4 Å². The summed E-state index contributed by atoms with van der Waals surface area (Å²) in [6, 6.07) is 0.844. The maximum atomic E-state index is 12.0. The van der Waals surface area contributed by atoms with Crippen LogP contribution < -0.4 is 10.6 Å². The molecule has 0 aromatic heterocycles. The van der Waals surface area contributed by atoms with E-state index < -0.39 is 5.97 Å². The fraction of sp³-hybridized carbons (Fsp3) is 0.889. The number of hydrogen-bond acceptors (Lipinski definition) is 4. The summed E-state index contributed by atoms with van der Waals surface area (Å²) in [5, 5.41) is 14.9. The van der Waals surface area contributed by atoms with Crippen molar-refractivity contribution >= 4 is 12.0 Å². The van der Waals surface area contributed by atoms with Crippen LogP contribution in [0.1, 0.15) is 52.4 Å². The Balaban J connectivity index is 1.56. The van der Waals surface area contributed by atoms with Gasteiger partial charge in [0.1, 0.15) is 0 Å². The second-order valence-corrected chi connectivity index (χ2v) is 7.41. The maximum Gasteiger partial charge on any atom is 0.317 e. The molecule has 1 aliphatic carbocycles. The van der Waals surface area contributed by atoms with Gasteiger partial charge < -0.3 is 20.6 Å². The monoisotopic (exact) mass is 354 g/mol. The lowest BCUT2D eigenvalue weighted by molar-refractivity contribution is -0.139. The average Bonchev–Trinajstić information content (AvgIpc) is 2.56. The summed E-state index contributed by atoms with van der Waals surface area (Å²) < 4.78 is 0. The quantitative estimate of drug-likeness (QED) is 0.584. The van der Waals surface area contributed by atoms with Crippen LogP contribution in [0.3, 0.4) is 0 Å². The van der Waals surface area contributed by atoms with Crippen LogP contribution in [0.15, 0.2) is 0 Å². The summed E-state index contributed by atoms with van der Waals surface area (Å²) in [5.41, 5.74) is 0. The van der Waals surface area contributed by atoms with Gasteiger partial charge in [0.15, 0.2) is 0 Å². The number of piperidine rings is 1. The first-order valence-electron chi connectivity index (χ1n) is 9.73. The lowest BCUT2D eigenvalue weighted by Gasteiger charge is -2.42. The van der Waals surface area contributed by atoms with Crippen molar-refractivity contribution in [3.63, 3.8) is 0 Å². The second-order valence-electron chi connectivity index (χ2n) is 7.41. The highest BCUT2D eigenvalue weighted by Crippen LogP contribution is 2.25. The van der Waals surface area contributed by atoms with Gasteiger partial charge in [-0.2, -0.15) is 0 Å². The molecule has 0 bridgehead atoms. The standard InChI is InChI=1S/C18H34N4O3/c1-3-21(13-17(23)24)16-11-15(12-16)20-18(25)19-8-7-14(2)22-9-5-4-6-10-22/h14-16H,3-13H2,1-2H3,(H,23,24)(H2,19,20,25). The molecular formula is C18H34N4O3. The molecular weight excluding hydrogens is 320 g/mol. The third kappa shape index (κ3) is 6.47. The van der Waals surface area contributed by atoms with Crippen molar-refractivity contribution in [3.05, 3.63) is 0 Å². The molecule has 7 nitrogen and oxygen atoms in total. The van der Waals surface area contributed by atoms with Crippen molar-refractivity contribution in [3.8, 4) is 0 Å². The number of carboxylic acids is 1. The first-order valence-corrected chi connectivity index (χ1v) is 9.73. The van der Waals surface area contributed by atoms with E-state index in [9.17, 15) is 9.59 Å². The Kier molecular flexibility index (Phi) is 7.96. The van der Waals surface area contributed by atoms with Crippen LogP contribution in [0, 0.1) is 0 Å². The zero-order valence-corrected chi connectivity index (χ0v) is 15.7. The number of carbonyl (C=O) groups is 2. The summed E-state index contributed by atoms with van der Waals surface area (Å²) in [7, 11) is 0. The number of nitrogens with zero attached hydrogens (tertiary/aromatic N) is 2. The zero-order valence-electron chi connectivity index (χ0n) is 15.7. The van der Waals surface area contributed by atoms with Gasteiger partial charge >= 0.3 is 12.0 Å². The Morgan fingerprint density at radius 3 is 2.52 bits per heavy atom. The van der Waals surface area contributed by atoms with Gasteiger partial charge in [-0.15, -0.1) is 0 Å². The van der Waals surface area contributed by atoms with Crippen molar-refractivity contribution in [1.29, 1.82) is 0 Å². The van der Waals surface area contributed by atoms with Crippen LogP contribution in [0.2, 0.25) is 0 Å². The summed E-state index contributed by atoms with van der Waals surface area (Å²) in [6.07, 6.45) is 6.56. The molecule has 1 saturated heterocycles. The number of nitrogens with one attached hydrogen (secondary N) is 2. The Morgan fingerprint density at radius 2 is 1.92 bits per heavy atom. The number of amides is 2. The normalized spacial score (nSPS) is 25.2. The number of likely N-dealkylation sites (N-methyl/N-ethyl adjacent to an activating group) is 1. The van der Waals surface area contributed by atoms with E-state index in [1.807, 2.05) is 11.8 Å². The van der Waals surface area contributed by atoms with Gasteiger partial charge in [-0.1, -0.05) is 13.3 Å². The SMILES string of the molecule is CCN(CC(=O)O)C1CC(NC(=O)NCCC(C)N2CCCCC2)C1. The molecule has 3 N–H and O–H groups in total. The third-order valence-electron chi connectivity index (χ3n) is 5.57. The molecule has 2 aliphatic rings. The lowest BCUT2D eigenvalue weighted by Crippen LogP contribution is -2.56. The van der Waals surface area contributed by atoms with Crippen molar-refractivity contribution < 1.29 is 14.7 Å². The molecule has 25 heavy (non-hydrogen) atoms. The molecule has 1 unspecified atom stereocenters. The van der Waals surface area contributed by atoms with E-state index in [0.29, 0.717) is 12.6 Å². The first kappa shape index (κ1) is 20.0. The molecule has 1 atom stereocenters. The van der Waals surface area contributed by atoms with Gasteiger partial charge in [-0.05, 0) is 58.7 Å². The smallest absolute Gasteiger partial charge is 0.317 e. The second kappa shape index (κ2) is 9.97. The fourth-order valence-corrected chi connectivity index (χ4v) is 3.85. The maximum absolute atomic E-state index is 12.0. The van der Waals surface area contributed by atoms with Gasteiger partial charge in [-0.3, -0.25) is 9.69 Å². The predicted molar refractivity (Wildman–Crippen MR) is 97.7 cm³/mol. The van der Waals surface area contributed by atoms with Crippen molar-refractivity contribution in [2.24, 2.45) is 0 Å². The highest BCUT2D eigenvalue weighted by Gasteiger charge is 2.34. The van der Waals surface area contributed by atoms with Crippen LogP contribution in [0.25, 0.3) is 0 Å². The average molecular weight is 354 g/mol. The molecule has 144 valence electrons. The van der Waals surface area contributed by atoms with E-state index in [4.69, 9.17) is 5.11 Å². The molecule has 7 heteroatoms. The Bertz CT molecular complexity index is 434. The van der Waals surface area contributed by atoms with Gasteiger partial charge in [0, 0.05) is 24.7 Å². The number of rotatable bonds is 9. The Labute approximate surface area is 151 Å². The number of carbonyl (C=O) groups excluding carboxylic acids is 1. The van der Waals surface area contributed by atoms with Gasteiger partial charge in [0.05, 0.1) is 6.54 Å². The van der Waals surface area contributed by atoms with Crippen LogP contribution in [0.5, 0.6) is 0 Å². The van der Waals surface area contributed by atoms with Crippen molar-refractivity contribution in [2.45, 2.75) is 70.5 Å². The summed E-state index contributed by atoms with van der Waals surface area (Å²) in [6.45, 7) is 8.07. The number of carboxylic acid groups (broad SMARTS) is 1. The Morgan fingerprint density at radius 1 is 1.24 bits per heavy atom. The highest BCUT2D eigenvalue weighted by atomic mass is 16.4. The molecule has 0 aromatic carbocycles. The minimum Gasteiger partial charge on any atom is -0.480 e. The number of likely N-dealkylation sites (tertiary alicyclic amines) is 1. The molecule has 0 aromatic rings. The van der Waals surface area contributed by atoms with Crippen LogP contribution in [0.4, 0.5) is 4.79 Å². The largest absolute Gasteiger partial charge is 0.480 e. The molecule has 0 radical (unpaired) electrons. The minimum atomic E-state index is -0.793. The summed E-state index contributed by atoms with van der Waals surface area (Å²) in [5.74, 6) is -0.793.